The van der Waals surface area contributed by atoms with Crippen LogP contribution >= 0.6 is 0 Å². The average molecular weight is 820 g/mol. The zero-order valence-corrected chi connectivity index (χ0v) is 39.0. The van der Waals surface area contributed by atoms with Gasteiger partial charge in [-0.05, 0) is 51.4 Å². The smallest absolute Gasteiger partial charge is 0.305 e. The van der Waals surface area contributed by atoms with Gasteiger partial charge in [0.05, 0.1) is 25.4 Å². The summed E-state index contributed by atoms with van der Waals surface area (Å²) in [5, 5.41) is 23.2. The van der Waals surface area contributed by atoms with E-state index in [0.717, 1.165) is 57.8 Å². The van der Waals surface area contributed by atoms with Crippen molar-refractivity contribution in [3.63, 3.8) is 0 Å². The molecule has 0 saturated carbocycles. The summed E-state index contributed by atoms with van der Waals surface area (Å²) in [7, 11) is 0. The van der Waals surface area contributed by atoms with E-state index in [2.05, 4.69) is 31.3 Å². The van der Waals surface area contributed by atoms with Crippen LogP contribution in [0.1, 0.15) is 284 Å². The third-order valence-corrected chi connectivity index (χ3v) is 12.1. The predicted octanol–water partition coefficient (Wildman–Crippen LogP) is 15.3. The van der Waals surface area contributed by atoms with E-state index < -0.39 is 12.1 Å². The topological polar surface area (TPSA) is 95.9 Å². The second-order valence-corrected chi connectivity index (χ2v) is 17.9. The first-order chi connectivity index (χ1) is 28.5. The highest BCUT2D eigenvalue weighted by atomic mass is 16.5. The highest BCUT2D eigenvalue weighted by molar-refractivity contribution is 5.76. The average Bonchev–Trinajstić information content (AvgIpc) is 3.22. The molecule has 0 spiro atoms. The van der Waals surface area contributed by atoms with Gasteiger partial charge >= 0.3 is 5.97 Å². The lowest BCUT2D eigenvalue weighted by molar-refractivity contribution is -0.143. The van der Waals surface area contributed by atoms with Gasteiger partial charge in [0.1, 0.15) is 0 Å². The quantitative estimate of drug-likeness (QED) is 0.0323. The monoisotopic (exact) mass is 820 g/mol. The van der Waals surface area contributed by atoms with Crippen LogP contribution in [0, 0.1) is 0 Å². The summed E-state index contributed by atoms with van der Waals surface area (Å²) >= 11 is 0. The maximum atomic E-state index is 12.4. The van der Waals surface area contributed by atoms with Crippen LogP contribution in [0.5, 0.6) is 0 Å². The van der Waals surface area contributed by atoms with Crippen LogP contribution in [0.3, 0.4) is 0 Å². The Labute approximate surface area is 361 Å². The first-order valence-electron chi connectivity index (χ1n) is 25.9. The lowest BCUT2D eigenvalue weighted by Gasteiger charge is -2.22. The Kier molecular flexibility index (Phi) is 47.1. The number of carbonyl (C=O) groups excluding carboxylic acids is 2. The normalized spacial score (nSPS) is 12.7. The molecule has 2 atom stereocenters. The largest absolute Gasteiger partial charge is 0.466 e. The number of nitrogens with one attached hydrogen (secondary N) is 1. The highest BCUT2D eigenvalue weighted by Gasteiger charge is 2.20. The molecule has 0 aromatic carbocycles. The van der Waals surface area contributed by atoms with Crippen LogP contribution in [0.25, 0.3) is 0 Å². The maximum absolute atomic E-state index is 12.4. The minimum absolute atomic E-state index is 0.0318. The second-order valence-electron chi connectivity index (χ2n) is 17.9. The van der Waals surface area contributed by atoms with Crippen molar-refractivity contribution in [2.75, 3.05) is 13.2 Å². The molecule has 0 fully saturated rings. The number of esters is 1. The molecule has 6 heteroatoms. The number of aliphatic hydroxyl groups excluding tert-OH is 2. The molecule has 2 unspecified atom stereocenters. The van der Waals surface area contributed by atoms with Crippen molar-refractivity contribution in [1.29, 1.82) is 0 Å². The van der Waals surface area contributed by atoms with Gasteiger partial charge in [0, 0.05) is 12.8 Å². The minimum atomic E-state index is -0.681. The first kappa shape index (κ1) is 56.6. The third-order valence-electron chi connectivity index (χ3n) is 12.1. The SMILES string of the molecule is CCCCCCCCC/C=C\CCCCCCCC(=O)OCCCCCCCCCCCC(=O)NC(CO)C(O)CCCCCCCCCCCCCCCCCC. The van der Waals surface area contributed by atoms with E-state index in [1.54, 1.807) is 0 Å². The predicted molar refractivity (Wildman–Crippen MR) is 250 cm³/mol. The summed E-state index contributed by atoms with van der Waals surface area (Å²) in [6.45, 7) is 4.89. The van der Waals surface area contributed by atoms with E-state index in [1.807, 2.05) is 0 Å². The molecule has 0 rings (SSSR count). The number of aliphatic hydroxyl groups is 2. The van der Waals surface area contributed by atoms with Gasteiger partial charge in [-0.25, -0.2) is 0 Å². The van der Waals surface area contributed by atoms with E-state index in [-0.39, 0.29) is 18.5 Å². The van der Waals surface area contributed by atoms with Crippen molar-refractivity contribution in [1.82, 2.24) is 5.32 Å². The molecule has 6 nitrogen and oxygen atoms in total. The summed E-state index contributed by atoms with van der Waals surface area (Å²) in [4.78, 5) is 24.5. The van der Waals surface area contributed by atoms with Gasteiger partial charge in [0.25, 0.3) is 0 Å². The van der Waals surface area contributed by atoms with Crippen LogP contribution < -0.4 is 5.32 Å². The number of amides is 1. The van der Waals surface area contributed by atoms with Gasteiger partial charge in [0.2, 0.25) is 5.91 Å². The molecule has 0 bridgehead atoms. The van der Waals surface area contributed by atoms with Crippen LogP contribution in [0.15, 0.2) is 12.2 Å². The number of allylic oxidation sites excluding steroid dienone is 2. The molecular formula is C52H101NO5. The number of rotatable bonds is 48. The fraction of sp³-hybridized carbons (Fsp3) is 0.923. The molecule has 344 valence electrons. The molecule has 1 amide bonds. The molecule has 0 aliphatic heterocycles. The Morgan fingerprint density at radius 3 is 1.22 bits per heavy atom. The Hall–Kier alpha value is -1.40. The molecule has 0 heterocycles. The molecule has 0 aliphatic carbocycles. The lowest BCUT2D eigenvalue weighted by atomic mass is 10.0. The van der Waals surface area contributed by atoms with Crippen molar-refractivity contribution in [2.45, 2.75) is 296 Å². The van der Waals surface area contributed by atoms with Crippen LogP contribution in [-0.2, 0) is 14.3 Å². The van der Waals surface area contributed by atoms with E-state index in [4.69, 9.17) is 4.74 Å². The second kappa shape index (κ2) is 48.3. The highest BCUT2D eigenvalue weighted by Crippen LogP contribution is 2.16. The molecule has 0 aromatic rings. The van der Waals surface area contributed by atoms with Gasteiger partial charge < -0.3 is 20.3 Å². The number of ether oxygens (including phenoxy) is 1. The van der Waals surface area contributed by atoms with Crippen molar-refractivity contribution < 1.29 is 24.5 Å². The van der Waals surface area contributed by atoms with Crippen molar-refractivity contribution in [3.8, 4) is 0 Å². The summed E-state index contributed by atoms with van der Waals surface area (Å²) in [6, 6.07) is -0.561. The molecule has 58 heavy (non-hydrogen) atoms. The van der Waals surface area contributed by atoms with Gasteiger partial charge in [-0.15, -0.1) is 0 Å². The first-order valence-corrected chi connectivity index (χ1v) is 25.9. The number of carbonyl (C=O) groups is 2. The summed E-state index contributed by atoms with van der Waals surface area (Å²) in [5.41, 5.74) is 0. The van der Waals surface area contributed by atoms with Gasteiger partial charge in [-0.1, -0.05) is 231 Å². The summed E-state index contributed by atoms with van der Waals surface area (Å²) < 4.78 is 5.45. The fourth-order valence-electron chi connectivity index (χ4n) is 8.05. The van der Waals surface area contributed by atoms with Crippen LogP contribution in [0.2, 0.25) is 0 Å². The number of unbranched alkanes of at least 4 members (excludes halogenated alkanes) is 35. The zero-order chi connectivity index (χ0) is 42.3. The maximum Gasteiger partial charge on any atom is 0.305 e. The van der Waals surface area contributed by atoms with Gasteiger partial charge in [-0.2, -0.15) is 0 Å². The Bertz CT molecular complexity index is 863. The van der Waals surface area contributed by atoms with E-state index in [9.17, 15) is 19.8 Å². The molecule has 0 radical (unpaired) electrons. The molecule has 0 aliphatic rings. The van der Waals surface area contributed by atoms with Gasteiger partial charge in [0.15, 0.2) is 0 Å². The Morgan fingerprint density at radius 1 is 0.466 bits per heavy atom. The lowest BCUT2D eigenvalue weighted by Crippen LogP contribution is -2.45. The molecule has 0 aromatic heterocycles. The third kappa shape index (κ3) is 44.2. The standard InChI is InChI=1S/C52H101NO5/c1-3-5-7-9-11-13-15-17-19-21-23-25-28-32-36-40-44-50(55)49(48-54)53-51(56)45-41-37-33-29-27-31-35-39-43-47-58-52(57)46-42-38-34-30-26-24-22-20-18-16-14-12-10-8-6-4-2/h20,22,49-50,54-55H,3-19,21,23-48H2,1-2H3,(H,53,56)/b22-20-. The van der Waals surface area contributed by atoms with Gasteiger partial charge in [-0.3, -0.25) is 9.59 Å². The summed E-state index contributed by atoms with van der Waals surface area (Å²) in [6.07, 6.45) is 54.6. The minimum Gasteiger partial charge on any atom is -0.466 e. The van der Waals surface area contributed by atoms with Crippen molar-refractivity contribution >= 4 is 11.9 Å². The van der Waals surface area contributed by atoms with E-state index in [0.29, 0.717) is 25.9 Å². The Balaban J connectivity index is 3.49. The van der Waals surface area contributed by atoms with Crippen molar-refractivity contribution in [3.05, 3.63) is 12.2 Å². The van der Waals surface area contributed by atoms with E-state index >= 15 is 0 Å². The van der Waals surface area contributed by atoms with Crippen molar-refractivity contribution in [2.24, 2.45) is 0 Å². The molecular weight excluding hydrogens is 719 g/mol. The summed E-state index contributed by atoms with van der Waals surface area (Å²) in [5.74, 6) is -0.0933. The zero-order valence-electron chi connectivity index (χ0n) is 39.0. The van der Waals surface area contributed by atoms with Crippen LogP contribution in [-0.4, -0.2) is 47.4 Å². The fourth-order valence-corrected chi connectivity index (χ4v) is 8.05. The van der Waals surface area contributed by atoms with Crippen LogP contribution in [0.4, 0.5) is 0 Å². The molecule has 0 saturated heterocycles. The number of hydrogen-bond donors (Lipinski definition) is 3. The molecule has 3 N–H and O–H groups in total. The Morgan fingerprint density at radius 2 is 0.810 bits per heavy atom. The number of hydrogen-bond acceptors (Lipinski definition) is 5. The van der Waals surface area contributed by atoms with E-state index in [1.165, 1.54) is 193 Å².